The van der Waals surface area contributed by atoms with Gasteiger partial charge in [-0.1, -0.05) is 6.92 Å². The van der Waals surface area contributed by atoms with Crippen molar-refractivity contribution >= 4 is 12.6 Å². The zero-order valence-electron chi connectivity index (χ0n) is 5.98. The number of rotatable bonds is 2. The van der Waals surface area contributed by atoms with E-state index in [1.54, 1.807) is 0 Å². The van der Waals surface area contributed by atoms with Gasteiger partial charge in [0.15, 0.2) is 0 Å². The van der Waals surface area contributed by atoms with Crippen LogP contribution < -0.4 is 0 Å². The third kappa shape index (κ3) is 1.62. The van der Waals surface area contributed by atoms with Crippen molar-refractivity contribution in [2.45, 2.75) is 37.4 Å². The van der Waals surface area contributed by atoms with Crippen LogP contribution in [-0.4, -0.2) is 11.2 Å². The number of hydrogen-bond donors (Lipinski definition) is 1. The molecule has 0 radical (unpaired) electrons. The Bertz CT molecular complexity index is 123. The summed E-state index contributed by atoms with van der Waals surface area (Å²) in [6.45, 7) is 1.86. The van der Waals surface area contributed by atoms with E-state index in [9.17, 15) is 8.78 Å². The molecule has 1 saturated carbocycles. The fourth-order valence-electron chi connectivity index (χ4n) is 1.27. The molecule has 1 aliphatic carbocycles. The average molecular weight is 166 g/mol. The van der Waals surface area contributed by atoms with Crippen LogP contribution in [0.15, 0.2) is 0 Å². The maximum absolute atomic E-state index is 12.5. The van der Waals surface area contributed by atoms with Crippen molar-refractivity contribution in [1.82, 2.24) is 0 Å². The molecular formula is C7H12F2S. The van der Waals surface area contributed by atoms with Gasteiger partial charge in [0.1, 0.15) is 0 Å². The van der Waals surface area contributed by atoms with E-state index in [1.807, 2.05) is 6.92 Å². The minimum absolute atomic E-state index is 0.0815. The lowest BCUT2D eigenvalue weighted by Gasteiger charge is -2.37. The van der Waals surface area contributed by atoms with Gasteiger partial charge in [-0.3, -0.25) is 0 Å². The molecule has 1 rings (SSSR count). The Morgan fingerprint density at radius 2 is 2.30 bits per heavy atom. The van der Waals surface area contributed by atoms with Crippen LogP contribution in [0.4, 0.5) is 8.78 Å². The van der Waals surface area contributed by atoms with Crippen LogP contribution in [0.1, 0.15) is 26.2 Å². The maximum atomic E-state index is 12.5. The molecule has 2 atom stereocenters. The maximum Gasteiger partial charge on any atom is 0.251 e. The molecule has 3 heteroatoms. The molecule has 0 amide bonds. The first-order valence-corrected chi connectivity index (χ1v) is 4.10. The van der Waals surface area contributed by atoms with Crippen LogP contribution in [0, 0.1) is 5.92 Å². The summed E-state index contributed by atoms with van der Waals surface area (Å²) in [4.78, 5) is 0. The monoisotopic (exact) mass is 166 g/mol. The molecule has 0 nitrogen and oxygen atoms in total. The Morgan fingerprint density at radius 1 is 1.70 bits per heavy atom. The molecule has 10 heavy (non-hydrogen) atoms. The molecular weight excluding hydrogens is 154 g/mol. The van der Waals surface area contributed by atoms with E-state index in [4.69, 9.17) is 0 Å². The predicted molar refractivity (Wildman–Crippen MR) is 40.7 cm³/mol. The summed E-state index contributed by atoms with van der Waals surface area (Å²) in [7, 11) is 0. The number of hydrogen-bond acceptors (Lipinski definition) is 1. The van der Waals surface area contributed by atoms with Gasteiger partial charge in [-0.25, -0.2) is 8.78 Å². The molecule has 0 saturated heterocycles. The molecule has 0 aromatic heterocycles. The fourth-order valence-corrected chi connectivity index (χ4v) is 1.52. The molecule has 0 aromatic rings. The van der Waals surface area contributed by atoms with Crippen LogP contribution in [-0.2, 0) is 0 Å². The van der Waals surface area contributed by atoms with Gasteiger partial charge in [0, 0.05) is 12.3 Å². The Morgan fingerprint density at radius 3 is 2.40 bits per heavy atom. The van der Waals surface area contributed by atoms with Crippen molar-refractivity contribution in [3.63, 3.8) is 0 Å². The SMILES string of the molecule is CC(S)CC1CCC1(F)F. The second kappa shape index (κ2) is 2.68. The number of alkyl halides is 2. The molecule has 1 fully saturated rings. The smallest absolute Gasteiger partial charge is 0.207 e. The summed E-state index contributed by atoms with van der Waals surface area (Å²) in [5, 5.41) is 0.108. The zero-order valence-corrected chi connectivity index (χ0v) is 6.87. The van der Waals surface area contributed by atoms with Gasteiger partial charge < -0.3 is 0 Å². The third-order valence-electron chi connectivity index (χ3n) is 2.05. The highest BCUT2D eigenvalue weighted by molar-refractivity contribution is 7.80. The lowest BCUT2D eigenvalue weighted by Crippen LogP contribution is -2.39. The summed E-state index contributed by atoms with van der Waals surface area (Å²) < 4.78 is 25.1. The van der Waals surface area contributed by atoms with E-state index < -0.39 is 5.92 Å². The van der Waals surface area contributed by atoms with Crippen LogP contribution in [0.5, 0.6) is 0 Å². The molecule has 1 aliphatic rings. The molecule has 0 N–H and O–H groups in total. The summed E-state index contributed by atoms with van der Waals surface area (Å²) in [6, 6.07) is 0. The van der Waals surface area contributed by atoms with Crippen molar-refractivity contribution in [3.05, 3.63) is 0 Å². The highest BCUT2D eigenvalue weighted by Gasteiger charge is 2.47. The molecule has 0 bridgehead atoms. The molecule has 0 spiro atoms. The van der Waals surface area contributed by atoms with Crippen molar-refractivity contribution < 1.29 is 8.78 Å². The van der Waals surface area contributed by atoms with Gasteiger partial charge in [0.2, 0.25) is 0 Å². The van der Waals surface area contributed by atoms with Crippen molar-refractivity contribution in [3.8, 4) is 0 Å². The van der Waals surface area contributed by atoms with E-state index >= 15 is 0 Å². The van der Waals surface area contributed by atoms with Crippen LogP contribution in [0.25, 0.3) is 0 Å². The summed E-state index contributed by atoms with van der Waals surface area (Å²) in [5.74, 6) is -2.77. The van der Waals surface area contributed by atoms with E-state index in [0.717, 1.165) is 0 Å². The minimum atomic E-state index is -2.38. The first-order valence-electron chi connectivity index (χ1n) is 3.58. The summed E-state index contributed by atoms with van der Waals surface area (Å²) in [5.41, 5.74) is 0. The second-order valence-corrected chi connectivity index (χ2v) is 3.96. The van der Waals surface area contributed by atoms with Crippen molar-refractivity contribution in [2.24, 2.45) is 5.92 Å². The average Bonchev–Trinajstić information content (AvgIpc) is 1.81. The Labute approximate surface area is 65.4 Å². The largest absolute Gasteiger partial charge is 0.251 e. The van der Waals surface area contributed by atoms with Gasteiger partial charge in [0.25, 0.3) is 5.92 Å². The predicted octanol–water partition coefficient (Wildman–Crippen LogP) is 2.74. The van der Waals surface area contributed by atoms with E-state index in [1.165, 1.54) is 0 Å². The quantitative estimate of drug-likeness (QED) is 0.599. The third-order valence-corrected chi connectivity index (χ3v) is 2.26. The summed E-state index contributed by atoms with van der Waals surface area (Å²) >= 11 is 4.07. The topological polar surface area (TPSA) is 0 Å². The Hall–Kier alpha value is 0.210. The molecule has 0 aliphatic heterocycles. The fraction of sp³-hybridized carbons (Fsp3) is 1.00. The van der Waals surface area contributed by atoms with Gasteiger partial charge >= 0.3 is 0 Å². The van der Waals surface area contributed by atoms with Gasteiger partial charge in [-0.05, 0) is 18.1 Å². The van der Waals surface area contributed by atoms with Gasteiger partial charge in [-0.15, -0.1) is 0 Å². The van der Waals surface area contributed by atoms with E-state index in [0.29, 0.717) is 12.8 Å². The van der Waals surface area contributed by atoms with Crippen molar-refractivity contribution in [1.29, 1.82) is 0 Å². The Balaban J connectivity index is 2.30. The number of thiol groups is 1. The van der Waals surface area contributed by atoms with E-state index in [2.05, 4.69) is 12.6 Å². The standard InChI is InChI=1S/C7H12F2S/c1-5(10)4-6-2-3-7(6,8)9/h5-6,10H,2-4H2,1H3. The Kier molecular flexibility index (Phi) is 2.23. The second-order valence-electron chi connectivity index (χ2n) is 3.08. The van der Waals surface area contributed by atoms with Crippen LogP contribution >= 0.6 is 12.6 Å². The zero-order chi connectivity index (χ0) is 7.78. The number of halogens is 2. The molecule has 0 aromatic carbocycles. The first kappa shape index (κ1) is 8.31. The van der Waals surface area contributed by atoms with Crippen LogP contribution in [0.3, 0.4) is 0 Å². The lowest BCUT2D eigenvalue weighted by atomic mass is 9.78. The van der Waals surface area contributed by atoms with Crippen LogP contribution in [0.2, 0.25) is 0 Å². The first-order chi connectivity index (χ1) is 4.52. The minimum Gasteiger partial charge on any atom is -0.207 e. The van der Waals surface area contributed by atoms with Gasteiger partial charge in [0.05, 0.1) is 0 Å². The molecule has 2 unspecified atom stereocenters. The lowest BCUT2D eigenvalue weighted by molar-refractivity contribution is -0.134. The van der Waals surface area contributed by atoms with E-state index in [-0.39, 0.29) is 17.6 Å². The molecule has 60 valence electrons. The van der Waals surface area contributed by atoms with Gasteiger partial charge in [-0.2, -0.15) is 12.6 Å². The summed E-state index contributed by atoms with van der Waals surface area (Å²) in [6.07, 6.45) is 1.31. The normalized spacial score (nSPS) is 33.0. The highest BCUT2D eigenvalue weighted by atomic mass is 32.1. The highest BCUT2D eigenvalue weighted by Crippen LogP contribution is 2.46. The van der Waals surface area contributed by atoms with Crippen molar-refractivity contribution in [2.75, 3.05) is 0 Å². The molecule has 0 heterocycles.